The Kier molecular flexibility index (Phi) is 4.24. The van der Waals surface area contributed by atoms with E-state index in [-0.39, 0.29) is 5.78 Å². The highest BCUT2D eigenvalue weighted by Crippen LogP contribution is 2.10. The number of aryl methyl sites for hydroxylation is 1. The smallest absolute Gasteiger partial charge is 0.167 e. The van der Waals surface area contributed by atoms with E-state index in [9.17, 15) is 4.79 Å². The molecule has 1 aromatic carbocycles. The molecule has 0 aliphatic rings. The van der Waals surface area contributed by atoms with E-state index in [0.29, 0.717) is 6.42 Å². The van der Waals surface area contributed by atoms with Crippen LogP contribution in [0.25, 0.3) is 0 Å². The molecule has 0 N–H and O–H groups in total. The van der Waals surface area contributed by atoms with Crippen molar-refractivity contribution in [3.05, 3.63) is 65.5 Å². The molecular formula is C16H17NO. The largest absolute Gasteiger partial charge is 0.294 e. The highest BCUT2D eigenvalue weighted by molar-refractivity contribution is 5.97. The Morgan fingerprint density at radius 2 is 1.67 bits per heavy atom. The highest BCUT2D eigenvalue weighted by atomic mass is 16.1. The van der Waals surface area contributed by atoms with Crippen LogP contribution in [0.1, 0.15) is 34.8 Å². The van der Waals surface area contributed by atoms with Crippen molar-refractivity contribution in [2.45, 2.75) is 26.2 Å². The molecule has 1 aromatic heterocycles. The number of hydrogen-bond donors (Lipinski definition) is 0. The molecule has 2 nitrogen and oxygen atoms in total. The lowest BCUT2D eigenvalue weighted by molar-refractivity contribution is 0.0993. The van der Waals surface area contributed by atoms with Gasteiger partial charge < -0.3 is 0 Å². The third-order valence-corrected chi connectivity index (χ3v) is 2.93. The van der Waals surface area contributed by atoms with E-state index in [1.165, 1.54) is 5.56 Å². The average molecular weight is 239 g/mol. The first-order valence-corrected chi connectivity index (χ1v) is 6.30. The lowest BCUT2D eigenvalue weighted by Crippen LogP contribution is -2.03. The summed E-state index contributed by atoms with van der Waals surface area (Å²) in [6.07, 6.45) is 6.07. The summed E-state index contributed by atoms with van der Waals surface area (Å²) < 4.78 is 0. The molecule has 2 heteroatoms. The molecule has 0 atom stereocenters. The quantitative estimate of drug-likeness (QED) is 0.748. The molecule has 0 bridgehead atoms. The minimum atomic E-state index is 0.157. The van der Waals surface area contributed by atoms with Gasteiger partial charge in [0.1, 0.15) is 0 Å². The summed E-state index contributed by atoms with van der Waals surface area (Å²) in [6.45, 7) is 2.16. The third kappa shape index (κ3) is 3.27. The van der Waals surface area contributed by atoms with Gasteiger partial charge in [-0.15, -0.1) is 0 Å². The van der Waals surface area contributed by atoms with Gasteiger partial charge in [0, 0.05) is 24.4 Å². The van der Waals surface area contributed by atoms with Crippen LogP contribution in [0.4, 0.5) is 0 Å². The lowest BCUT2D eigenvalue weighted by atomic mass is 10.0. The second-order valence-electron chi connectivity index (χ2n) is 4.40. The number of aromatic nitrogens is 1. The highest BCUT2D eigenvalue weighted by Gasteiger charge is 2.06. The number of rotatable bonds is 5. The Hall–Kier alpha value is -1.96. The molecule has 0 radical (unpaired) electrons. The van der Waals surface area contributed by atoms with Gasteiger partial charge in [-0.1, -0.05) is 37.6 Å². The first-order chi connectivity index (χ1) is 8.79. The second-order valence-corrected chi connectivity index (χ2v) is 4.40. The van der Waals surface area contributed by atoms with Crippen molar-refractivity contribution in [2.24, 2.45) is 0 Å². The second kappa shape index (κ2) is 6.10. The van der Waals surface area contributed by atoms with E-state index in [2.05, 4.69) is 11.9 Å². The predicted molar refractivity (Wildman–Crippen MR) is 72.7 cm³/mol. The van der Waals surface area contributed by atoms with Gasteiger partial charge in [-0.2, -0.15) is 0 Å². The molecule has 2 rings (SSSR count). The zero-order valence-electron chi connectivity index (χ0n) is 10.6. The van der Waals surface area contributed by atoms with Gasteiger partial charge in [-0.05, 0) is 29.7 Å². The first-order valence-electron chi connectivity index (χ1n) is 6.30. The molecule has 92 valence electrons. The van der Waals surface area contributed by atoms with E-state index in [1.54, 1.807) is 12.4 Å². The van der Waals surface area contributed by atoms with Crippen molar-refractivity contribution in [2.75, 3.05) is 0 Å². The summed E-state index contributed by atoms with van der Waals surface area (Å²) in [5, 5.41) is 0. The first kappa shape index (κ1) is 12.5. The molecule has 1 heterocycles. The Balaban J connectivity index is 2.05. The average Bonchev–Trinajstić information content (AvgIpc) is 2.41. The number of carbonyl (C=O) groups is 1. The molecule has 0 fully saturated rings. The molecule has 0 saturated heterocycles. The third-order valence-electron chi connectivity index (χ3n) is 2.93. The summed E-state index contributed by atoms with van der Waals surface area (Å²) in [4.78, 5) is 16.0. The minimum absolute atomic E-state index is 0.157. The van der Waals surface area contributed by atoms with Gasteiger partial charge in [0.05, 0.1) is 0 Å². The van der Waals surface area contributed by atoms with E-state index < -0.39 is 0 Å². The zero-order valence-corrected chi connectivity index (χ0v) is 10.6. The summed E-state index contributed by atoms with van der Waals surface area (Å²) in [5.74, 6) is 0.157. The van der Waals surface area contributed by atoms with Crippen molar-refractivity contribution in [1.29, 1.82) is 0 Å². The fourth-order valence-electron chi connectivity index (χ4n) is 1.93. The van der Waals surface area contributed by atoms with Gasteiger partial charge in [-0.25, -0.2) is 0 Å². The predicted octanol–water partition coefficient (Wildman–Crippen LogP) is 3.46. The van der Waals surface area contributed by atoms with Crippen molar-refractivity contribution < 1.29 is 4.79 Å². The molecule has 0 aliphatic carbocycles. The summed E-state index contributed by atoms with van der Waals surface area (Å²) in [5.41, 5.74) is 3.08. The summed E-state index contributed by atoms with van der Waals surface area (Å²) >= 11 is 0. The monoisotopic (exact) mass is 239 g/mol. The van der Waals surface area contributed by atoms with Crippen LogP contribution >= 0.6 is 0 Å². The number of Topliss-reactive ketones (excluding diaryl/α,β-unsaturated/α-hetero) is 1. The van der Waals surface area contributed by atoms with E-state index >= 15 is 0 Å². The fourth-order valence-corrected chi connectivity index (χ4v) is 1.93. The Bertz CT molecular complexity index is 502. The van der Waals surface area contributed by atoms with Gasteiger partial charge in [0.2, 0.25) is 0 Å². The molecule has 0 amide bonds. The van der Waals surface area contributed by atoms with E-state index in [1.807, 2.05) is 36.4 Å². The molecule has 0 unspecified atom stereocenters. The number of ketones is 1. The van der Waals surface area contributed by atoms with Crippen molar-refractivity contribution in [3.8, 4) is 0 Å². The van der Waals surface area contributed by atoms with Crippen molar-refractivity contribution in [1.82, 2.24) is 4.98 Å². The van der Waals surface area contributed by atoms with E-state index in [0.717, 1.165) is 24.0 Å². The van der Waals surface area contributed by atoms with Gasteiger partial charge >= 0.3 is 0 Å². The number of carbonyl (C=O) groups excluding carboxylic acids is 1. The molecule has 0 spiro atoms. The lowest BCUT2D eigenvalue weighted by Gasteiger charge is -2.03. The number of benzene rings is 1. The Morgan fingerprint density at radius 3 is 2.28 bits per heavy atom. The Labute approximate surface area is 108 Å². The molecule has 18 heavy (non-hydrogen) atoms. The maximum absolute atomic E-state index is 12.1. The number of nitrogens with zero attached hydrogens (tertiary/aromatic N) is 1. The normalized spacial score (nSPS) is 10.3. The topological polar surface area (TPSA) is 30.0 Å². The van der Waals surface area contributed by atoms with Crippen LogP contribution in [0.2, 0.25) is 0 Å². The van der Waals surface area contributed by atoms with Crippen molar-refractivity contribution in [3.63, 3.8) is 0 Å². The zero-order chi connectivity index (χ0) is 12.8. The van der Waals surface area contributed by atoms with Crippen LogP contribution in [0.5, 0.6) is 0 Å². The maximum Gasteiger partial charge on any atom is 0.167 e. The van der Waals surface area contributed by atoms with Crippen LogP contribution < -0.4 is 0 Å². The Morgan fingerprint density at radius 1 is 1.00 bits per heavy atom. The summed E-state index contributed by atoms with van der Waals surface area (Å²) in [7, 11) is 0. The standard InChI is InChI=1S/C16H17NO/c1-2-3-13-4-6-15(7-5-13)16(18)12-14-8-10-17-11-9-14/h4-11H,2-3,12H2,1H3. The van der Waals surface area contributed by atoms with Crippen LogP contribution in [0, 0.1) is 0 Å². The molecule has 0 aliphatic heterocycles. The van der Waals surface area contributed by atoms with E-state index in [4.69, 9.17) is 0 Å². The van der Waals surface area contributed by atoms with Gasteiger partial charge in [0.15, 0.2) is 5.78 Å². The maximum atomic E-state index is 12.1. The van der Waals surface area contributed by atoms with Crippen LogP contribution in [0.15, 0.2) is 48.8 Å². The number of hydrogen-bond acceptors (Lipinski definition) is 2. The summed E-state index contributed by atoms with van der Waals surface area (Å²) in [6, 6.07) is 11.7. The molecule has 2 aromatic rings. The van der Waals surface area contributed by atoms with Gasteiger partial charge in [0.25, 0.3) is 0 Å². The minimum Gasteiger partial charge on any atom is -0.294 e. The van der Waals surface area contributed by atoms with Gasteiger partial charge in [-0.3, -0.25) is 9.78 Å². The molecular weight excluding hydrogens is 222 g/mol. The van der Waals surface area contributed by atoms with Crippen LogP contribution in [-0.4, -0.2) is 10.8 Å². The SMILES string of the molecule is CCCc1ccc(C(=O)Cc2ccncc2)cc1. The fraction of sp³-hybridized carbons (Fsp3) is 0.250. The van der Waals surface area contributed by atoms with Crippen LogP contribution in [-0.2, 0) is 12.8 Å². The number of pyridine rings is 1. The van der Waals surface area contributed by atoms with Crippen LogP contribution in [0.3, 0.4) is 0 Å². The van der Waals surface area contributed by atoms with Crippen molar-refractivity contribution >= 4 is 5.78 Å². The molecule has 0 saturated carbocycles.